The number of hydrogen-bond acceptors (Lipinski definition) is 4. The molecule has 7 nitrogen and oxygen atoms in total. The van der Waals surface area contributed by atoms with Crippen molar-refractivity contribution in [2.45, 2.75) is 19.9 Å². The predicted molar refractivity (Wildman–Crippen MR) is 90.2 cm³/mol. The van der Waals surface area contributed by atoms with Crippen LogP contribution in [0.25, 0.3) is 5.69 Å². The standard InChI is InChI=1S/C16H17ClN6O/c1-10(20-16(24)14-11(2)21-22(3)15(14)17)12-4-6-13(7-5-12)23-9-18-8-19-23/h4-10H,1-3H3,(H,20,24). The van der Waals surface area contributed by atoms with Gasteiger partial charge in [0.2, 0.25) is 0 Å². The largest absolute Gasteiger partial charge is 0.345 e. The van der Waals surface area contributed by atoms with Crippen molar-refractivity contribution in [3.63, 3.8) is 0 Å². The maximum absolute atomic E-state index is 12.5. The van der Waals surface area contributed by atoms with E-state index in [4.69, 9.17) is 11.6 Å². The third-order valence-corrected chi connectivity index (χ3v) is 4.24. The van der Waals surface area contributed by atoms with Crippen LogP contribution < -0.4 is 5.32 Å². The molecule has 0 saturated carbocycles. The molecule has 1 unspecified atom stereocenters. The summed E-state index contributed by atoms with van der Waals surface area (Å²) in [7, 11) is 1.71. The van der Waals surface area contributed by atoms with Crippen LogP contribution in [0.15, 0.2) is 36.9 Å². The summed E-state index contributed by atoms with van der Waals surface area (Å²) in [6.07, 6.45) is 3.12. The van der Waals surface area contributed by atoms with E-state index in [0.717, 1.165) is 11.3 Å². The molecule has 0 aliphatic heterocycles. The van der Waals surface area contributed by atoms with Gasteiger partial charge in [0.1, 0.15) is 17.8 Å². The first-order valence-corrected chi connectivity index (χ1v) is 7.80. The molecule has 0 aliphatic carbocycles. The Balaban J connectivity index is 1.75. The first kappa shape index (κ1) is 16.2. The molecular formula is C16H17ClN6O. The third kappa shape index (κ3) is 3.03. The Morgan fingerprint density at radius 2 is 2.00 bits per heavy atom. The number of rotatable bonds is 4. The van der Waals surface area contributed by atoms with Crippen molar-refractivity contribution in [3.05, 3.63) is 58.9 Å². The summed E-state index contributed by atoms with van der Waals surface area (Å²) < 4.78 is 3.16. The van der Waals surface area contributed by atoms with Crippen molar-refractivity contribution >= 4 is 17.5 Å². The highest BCUT2D eigenvalue weighted by Gasteiger charge is 2.20. The number of amides is 1. The molecule has 2 aromatic heterocycles. The van der Waals surface area contributed by atoms with Crippen LogP contribution in [-0.4, -0.2) is 30.5 Å². The Labute approximate surface area is 144 Å². The Hall–Kier alpha value is -2.67. The van der Waals surface area contributed by atoms with E-state index in [0.29, 0.717) is 16.4 Å². The number of benzene rings is 1. The Kier molecular flexibility index (Phi) is 4.35. The topological polar surface area (TPSA) is 77.6 Å². The van der Waals surface area contributed by atoms with Gasteiger partial charge in [-0.1, -0.05) is 23.7 Å². The summed E-state index contributed by atoms with van der Waals surface area (Å²) in [4.78, 5) is 16.4. The molecule has 1 N–H and O–H groups in total. The molecule has 3 aromatic rings. The minimum absolute atomic E-state index is 0.169. The molecule has 124 valence electrons. The average molecular weight is 345 g/mol. The smallest absolute Gasteiger partial charge is 0.256 e. The van der Waals surface area contributed by atoms with Gasteiger partial charge in [-0.15, -0.1) is 0 Å². The van der Waals surface area contributed by atoms with Crippen LogP contribution in [0.4, 0.5) is 0 Å². The third-order valence-electron chi connectivity index (χ3n) is 3.80. The lowest BCUT2D eigenvalue weighted by atomic mass is 10.1. The minimum Gasteiger partial charge on any atom is -0.345 e. The zero-order valence-electron chi connectivity index (χ0n) is 13.6. The second kappa shape index (κ2) is 6.45. The summed E-state index contributed by atoms with van der Waals surface area (Å²) in [5.74, 6) is -0.238. The summed E-state index contributed by atoms with van der Waals surface area (Å²) in [6.45, 7) is 3.68. The highest BCUT2D eigenvalue weighted by molar-refractivity contribution is 6.33. The summed E-state index contributed by atoms with van der Waals surface area (Å²) in [5, 5.41) is 11.5. The normalized spacial score (nSPS) is 12.2. The lowest BCUT2D eigenvalue weighted by molar-refractivity contribution is 0.0939. The number of aryl methyl sites for hydroxylation is 2. The molecule has 0 fully saturated rings. The van der Waals surface area contributed by atoms with Crippen LogP contribution >= 0.6 is 11.6 Å². The predicted octanol–water partition coefficient (Wildman–Crippen LogP) is 2.45. The molecule has 24 heavy (non-hydrogen) atoms. The number of halogens is 1. The second-order valence-electron chi connectivity index (χ2n) is 5.50. The van der Waals surface area contributed by atoms with Gasteiger partial charge in [-0.05, 0) is 31.5 Å². The van der Waals surface area contributed by atoms with E-state index in [2.05, 4.69) is 20.5 Å². The number of nitrogens with zero attached hydrogens (tertiary/aromatic N) is 5. The molecule has 8 heteroatoms. The van der Waals surface area contributed by atoms with E-state index < -0.39 is 0 Å². The monoisotopic (exact) mass is 344 g/mol. The molecule has 1 atom stereocenters. The number of carbonyl (C=O) groups is 1. The molecule has 2 heterocycles. The minimum atomic E-state index is -0.238. The fourth-order valence-corrected chi connectivity index (χ4v) is 2.76. The summed E-state index contributed by atoms with van der Waals surface area (Å²) >= 11 is 6.14. The average Bonchev–Trinajstić information content (AvgIpc) is 3.16. The van der Waals surface area contributed by atoms with Crippen molar-refractivity contribution < 1.29 is 4.79 Å². The Morgan fingerprint density at radius 3 is 2.54 bits per heavy atom. The van der Waals surface area contributed by atoms with Gasteiger partial charge in [-0.3, -0.25) is 9.48 Å². The van der Waals surface area contributed by atoms with Crippen LogP contribution in [0, 0.1) is 6.92 Å². The van der Waals surface area contributed by atoms with Crippen LogP contribution in [0.2, 0.25) is 5.15 Å². The molecule has 3 rings (SSSR count). The summed E-state index contributed by atoms with van der Waals surface area (Å²) in [5.41, 5.74) is 2.89. The molecule has 0 saturated heterocycles. The number of nitrogens with one attached hydrogen (secondary N) is 1. The van der Waals surface area contributed by atoms with E-state index in [-0.39, 0.29) is 11.9 Å². The van der Waals surface area contributed by atoms with Crippen LogP contribution in [0.3, 0.4) is 0 Å². The summed E-state index contributed by atoms with van der Waals surface area (Å²) in [6, 6.07) is 7.57. The number of aromatic nitrogens is 5. The van der Waals surface area contributed by atoms with E-state index in [1.807, 2.05) is 31.2 Å². The van der Waals surface area contributed by atoms with Gasteiger partial charge >= 0.3 is 0 Å². The van der Waals surface area contributed by atoms with Gasteiger partial charge < -0.3 is 5.32 Å². The highest BCUT2D eigenvalue weighted by atomic mass is 35.5. The van der Waals surface area contributed by atoms with Crippen molar-refractivity contribution in [2.24, 2.45) is 7.05 Å². The Bertz CT molecular complexity index is 854. The maximum atomic E-state index is 12.5. The van der Waals surface area contributed by atoms with Crippen LogP contribution in [0.5, 0.6) is 0 Å². The van der Waals surface area contributed by atoms with E-state index in [1.54, 1.807) is 25.0 Å². The first-order valence-electron chi connectivity index (χ1n) is 7.42. The van der Waals surface area contributed by atoms with Crippen LogP contribution in [-0.2, 0) is 7.05 Å². The fraction of sp³-hybridized carbons (Fsp3) is 0.250. The van der Waals surface area contributed by atoms with Crippen molar-refractivity contribution in [1.29, 1.82) is 0 Å². The van der Waals surface area contributed by atoms with Crippen molar-refractivity contribution in [2.75, 3.05) is 0 Å². The first-order chi connectivity index (χ1) is 11.5. The van der Waals surface area contributed by atoms with Gasteiger partial charge in [0.05, 0.1) is 23.0 Å². The molecule has 1 amide bonds. The lowest BCUT2D eigenvalue weighted by Gasteiger charge is -2.15. The highest BCUT2D eigenvalue weighted by Crippen LogP contribution is 2.21. The number of carbonyl (C=O) groups excluding carboxylic acids is 1. The van der Waals surface area contributed by atoms with E-state index in [9.17, 15) is 4.79 Å². The number of hydrogen-bond donors (Lipinski definition) is 1. The fourth-order valence-electron chi connectivity index (χ4n) is 2.50. The molecule has 0 radical (unpaired) electrons. The second-order valence-corrected chi connectivity index (χ2v) is 5.86. The van der Waals surface area contributed by atoms with Gasteiger partial charge in [-0.25, -0.2) is 9.67 Å². The molecular weight excluding hydrogens is 328 g/mol. The van der Waals surface area contributed by atoms with E-state index in [1.165, 1.54) is 11.0 Å². The molecule has 0 bridgehead atoms. The molecule has 0 aliphatic rings. The van der Waals surface area contributed by atoms with Gasteiger partial charge in [0.25, 0.3) is 5.91 Å². The lowest BCUT2D eigenvalue weighted by Crippen LogP contribution is -2.27. The Morgan fingerprint density at radius 1 is 1.29 bits per heavy atom. The molecule has 0 spiro atoms. The maximum Gasteiger partial charge on any atom is 0.256 e. The van der Waals surface area contributed by atoms with Gasteiger partial charge in [0.15, 0.2) is 0 Å². The zero-order valence-corrected chi connectivity index (χ0v) is 14.3. The quantitative estimate of drug-likeness (QED) is 0.788. The van der Waals surface area contributed by atoms with Crippen molar-refractivity contribution in [1.82, 2.24) is 29.9 Å². The van der Waals surface area contributed by atoms with Gasteiger partial charge in [0, 0.05) is 7.05 Å². The van der Waals surface area contributed by atoms with Gasteiger partial charge in [-0.2, -0.15) is 10.2 Å². The van der Waals surface area contributed by atoms with Crippen LogP contribution in [0.1, 0.15) is 34.6 Å². The van der Waals surface area contributed by atoms with Crippen molar-refractivity contribution in [3.8, 4) is 5.69 Å². The SMILES string of the molecule is Cc1nn(C)c(Cl)c1C(=O)NC(C)c1ccc(-n2cncn2)cc1. The zero-order chi connectivity index (χ0) is 17.3. The molecule has 1 aromatic carbocycles. The van der Waals surface area contributed by atoms with E-state index >= 15 is 0 Å².